The number of aliphatic carboxylic acids is 1. The van der Waals surface area contributed by atoms with E-state index in [-0.39, 0.29) is 24.1 Å². The first-order valence-corrected chi connectivity index (χ1v) is 6.78. The second kappa shape index (κ2) is 8.79. The summed E-state index contributed by atoms with van der Waals surface area (Å²) in [6, 6.07) is 0. The maximum Gasteiger partial charge on any atom is 0.316 e. The second-order valence-corrected chi connectivity index (χ2v) is 5.22. The molecule has 0 spiro atoms. The molecule has 0 saturated heterocycles. The summed E-state index contributed by atoms with van der Waals surface area (Å²) in [7, 11) is 1.53. The van der Waals surface area contributed by atoms with Gasteiger partial charge in [0.05, 0.1) is 17.5 Å². The number of rotatable bonds is 8. The van der Waals surface area contributed by atoms with E-state index in [1.165, 1.54) is 18.9 Å². The highest BCUT2D eigenvalue weighted by Gasteiger charge is 2.17. The van der Waals surface area contributed by atoms with Crippen LogP contribution in [0.3, 0.4) is 0 Å². The van der Waals surface area contributed by atoms with Crippen molar-refractivity contribution >= 4 is 29.5 Å². The fraction of sp³-hybridized carbons (Fsp3) is 0.727. The fourth-order valence-electron chi connectivity index (χ4n) is 1.00. The summed E-state index contributed by atoms with van der Waals surface area (Å²) >= 11 is 1.04. The van der Waals surface area contributed by atoms with Crippen molar-refractivity contribution in [2.45, 2.75) is 25.5 Å². The minimum absolute atomic E-state index is 0.000839. The van der Waals surface area contributed by atoms with Crippen molar-refractivity contribution in [2.75, 3.05) is 25.9 Å². The Morgan fingerprint density at radius 2 is 2.00 bits per heavy atom. The van der Waals surface area contributed by atoms with Crippen molar-refractivity contribution in [3.8, 4) is 0 Å². The summed E-state index contributed by atoms with van der Waals surface area (Å²) in [6.07, 6.45) is 0.843. The zero-order valence-electron chi connectivity index (χ0n) is 10.9. The summed E-state index contributed by atoms with van der Waals surface area (Å²) in [5.41, 5.74) is 0. The second-order valence-electron chi connectivity index (χ2n) is 3.89. The summed E-state index contributed by atoms with van der Waals surface area (Å²) in [5, 5.41) is 10.7. The molecule has 0 rings (SSSR count). The lowest BCUT2D eigenvalue weighted by Gasteiger charge is -2.17. The minimum Gasteiger partial charge on any atom is -0.480 e. The molecule has 2 N–H and O–H groups in total. The van der Waals surface area contributed by atoms with E-state index >= 15 is 0 Å². The smallest absolute Gasteiger partial charge is 0.316 e. The van der Waals surface area contributed by atoms with E-state index in [0.717, 1.165) is 18.2 Å². The molecule has 0 aromatic carbocycles. The largest absolute Gasteiger partial charge is 0.480 e. The number of likely N-dealkylation sites (N-methyl/N-ethyl adjacent to an activating group) is 1. The van der Waals surface area contributed by atoms with E-state index in [9.17, 15) is 14.4 Å². The molecule has 7 heteroatoms. The Hall–Kier alpha value is -1.24. The Kier molecular flexibility index (Phi) is 8.19. The van der Waals surface area contributed by atoms with Crippen LogP contribution in [0.5, 0.6) is 0 Å². The average molecular weight is 276 g/mol. The van der Waals surface area contributed by atoms with Gasteiger partial charge in [-0.15, -0.1) is 11.8 Å². The number of carboxylic acid groups (broad SMARTS) is 1. The molecule has 0 radical (unpaired) electrons. The van der Waals surface area contributed by atoms with Crippen LogP contribution in [-0.2, 0) is 14.4 Å². The van der Waals surface area contributed by atoms with Crippen LogP contribution in [0.15, 0.2) is 0 Å². The number of nitrogens with one attached hydrogen (secondary N) is 1. The first kappa shape index (κ1) is 16.8. The van der Waals surface area contributed by atoms with E-state index in [4.69, 9.17) is 5.11 Å². The van der Waals surface area contributed by atoms with Crippen LogP contribution < -0.4 is 5.32 Å². The number of amides is 2. The van der Waals surface area contributed by atoms with Gasteiger partial charge in [0.2, 0.25) is 11.8 Å². The van der Waals surface area contributed by atoms with Gasteiger partial charge in [-0.2, -0.15) is 0 Å². The van der Waals surface area contributed by atoms with E-state index in [1.807, 2.05) is 6.92 Å². The third kappa shape index (κ3) is 7.16. The topological polar surface area (TPSA) is 86.7 Å². The Bertz CT molecular complexity index is 309. The van der Waals surface area contributed by atoms with Crippen molar-refractivity contribution in [3.63, 3.8) is 0 Å². The van der Waals surface area contributed by atoms with Crippen LogP contribution in [0.1, 0.15) is 20.3 Å². The molecule has 0 aromatic heterocycles. The zero-order chi connectivity index (χ0) is 14.1. The Morgan fingerprint density at radius 3 is 2.50 bits per heavy atom. The maximum atomic E-state index is 11.6. The van der Waals surface area contributed by atoms with Gasteiger partial charge in [-0.05, 0) is 13.3 Å². The van der Waals surface area contributed by atoms with E-state index in [2.05, 4.69) is 5.32 Å². The summed E-state index contributed by atoms with van der Waals surface area (Å²) < 4.78 is 0. The summed E-state index contributed by atoms with van der Waals surface area (Å²) in [4.78, 5) is 34.8. The van der Waals surface area contributed by atoms with Crippen LogP contribution in [0.4, 0.5) is 0 Å². The standard InChI is InChI=1S/C11H20N2O4S/c1-4-5-12-9(14)6-13(3)10(15)7-18-8(2)11(16)17/h8H,4-7H2,1-3H3,(H,12,14)(H,16,17). The quantitative estimate of drug-likeness (QED) is 0.660. The van der Waals surface area contributed by atoms with E-state index in [1.54, 1.807) is 0 Å². The van der Waals surface area contributed by atoms with Gasteiger partial charge in [0.1, 0.15) is 0 Å². The van der Waals surface area contributed by atoms with Crippen LogP contribution in [-0.4, -0.2) is 58.9 Å². The highest BCUT2D eigenvalue weighted by Crippen LogP contribution is 2.10. The molecule has 0 saturated carbocycles. The molecule has 0 aliphatic heterocycles. The van der Waals surface area contributed by atoms with Crippen molar-refractivity contribution in [1.82, 2.24) is 10.2 Å². The van der Waals surface area contributed by atoms with Gasteiger partial charge in [-0.25, -0.2) is 0 Å². The van der Waals surface area contributed by atoms with Crippen molar-refractivity contribution in [3.05, 3.63) is 0 Å². The van der Waals surface area contributed by atoms with Gasteiger partial charge >= 0.3 is 5.97 Å². The minimum atomic E-state index is -0.948. The van der Waals surface area contributed by atoms with Gasteiger partial charge in [0.15, 0.2) is 0 Å². The Morgan fingerprint density at radius 1 is 1.39 bits per heavy atom. The number of nitrogens with zero attached hydrogens (tertiary/aromatic N) is 1. The van der Waals surface area contributed by atoms with Gasteiger partial charge < -0.3 is 15.3 Å². The lowest BCUT2D eigenvalue weighted by molar-refractivity contribution is -0.136. The molecule has 0 fully saturated rings. The highest BCUT2D eigenvalue weighted by molar-refractivity contribution is 8.01. The van der Waals surface area contributed by atoms with Gasteiger partial charge in [0, 0.05) is 13.6 Å². The van der Waals surface area contributed by atoms with Crippen molar-refractivity contribution in [1.29, 1.82) is 0 Å². The third-order valence-corrected chi connectivity index (χ3v) is 3.30. The van der Waals surface area contributed by atoms with Gasteiger partial charge in [-0.3, -0.25) is 14.4 Å². The van der Waals surface area contributed by atoms with Crippen LogP contribution in [0, 0.1) is 0 Å². The molecule has 18 heavy (non-hydrogen) atoms. The Labute approximate surface area is 111 Å². The number of hydrogen-bond donors (Lipinski definition) is 2. The number of carbonyl (C=O) groups is 3. The molecule has 0 bridgehead atoms. The van der Waals surface area contributed by atoms with Crippen LogP contribution in [0.2, 0.25) is 0 Å². The molecular formula is C11H20N2O4S. The fourth-order valence-corrected chi connectivity index (χ4v) is 1.76. The highest BCUT2D eigenvalue weighted by atomic mass is 32.2. The molecule has 104 valence electrons. The maximum absolute atomic E-state index is 11.6. The average Bonchev–Trinajstić information content (AvgIpc) is 2.32. The first-order chi connectivity index (χ1) is 8.38. The summed E-state index contributed by atoms with van der Waals surface area (Å²) in [5.74, 6) is -1.34. The van der Waals surface area contributed by atoms with Gasteiger partial charge in [0.25, 0.3) is 0 Å². The van der Waals surface area contributed by atoms with Gasteiger partial charge in [-0.1, -0.05) is 6.92 Å². The number of carboxylic acids is 1. The monoisotopic (exact) mass is 276 g/mol. The SMILES string of the molecule is CCCNC(=O)CN(C)C(=O)CSC(C)C(=O)O. The molecule has 0 heterocycles. The molecule has 0 aliphatic carbocycles. The molecule has 6 nitrogen and oxygen atoms in total. The molecule has 1 atom stereocenters. The predicted octanol–water partition coefficient (Wildman–Crippen LogP) is 0.177. The zero-order valence-corrected chi connectivity index (χ0v) is 11.7. The van der Waals surface area contributed by atoms with E-state index < -0.39 is 11.2 Å². The predicted molar refractivity (Wildman–Crippen MR) is 70.5 cm³/mol. The van der Waals surface area contributed by atoms with Crippen LogP contribution >= 0.6 is 11.8 Å². The lowest BCUT2D eigenvalue weighted by Crippen LogP contribution is -2.39. The lowest BCUT2D eigenvalue weighted by atomic mass is 10.4. The normalized spacial score (nSPS) is 11.7. The molecule has 2 amide bonds. The molecule has 1 unspecified atom stereocenters. The van der Waals surface area contributed by atoms with E-state index in [0.29, 0.717) is 6.54 Å². The third-order valence-electron chi connectivity index (χ3n) is 2.18. The number of carbonyl (C=O) groups excluding carboxylic acids is 2. The van der Waals surface area contributed by atoms with Crippen molar-refractivity contribution < 1.29 is 19.5 Å². The first-order valence-electron chi connectivity index (χ1n) is 5.73. The number of thioether (sulfide) groups is 1. The molecule has 0 aliphatic rings. The van der Waals surface area contributed by atoms with Crippen LogP contribution in [0.25, 0.3) is 0 Å². The number of hydrogen-bond acceptors (Lipinski definition) is 4. The van der Waals surface area contributed by atoms with Crippen molar-refractivity contribution in [2.24, 2.45) is 0 Å². The molecular weight excluding hydrogens is 256 g/mol. The Balaban J connectivity index is 3.96. The summed E-state index contributed by atoms with van der Waals surface area (Å²) in [6.45, 7) is 4.06. The molecule has 0 aromatic rings.